The van der Waals surface area contributed by atoms with Crippen LogP contribution < -0.4 is 4.90 Å². The van der Waals surface area contributed by atoms with Crippen LogP contribution >= 0.6 is 62.8 Å². The number of benzene rings is 2. The molecule has 2 aromatic carbocycles. The van der Waals surface area contributed by atoms with Crippen LogP contribution in [0.5, 0.6) is 0 Å². The first-order valence-electron chi connectivity index (χ1n) is 11.2. The van der Waals surface area contributed by atoms with E-state index in [2.05, 4.69) is 39.1 Å². The average Bonchev–Trinajstić information content (AvgIpc) is 3.53. The number of nitrogens with zero attached hydrogens (tertiary/aromatic N) is 1. The van der Waals surface area contributed by atoms with Gasteiger partial charge in [-0.1, -0.05) is 39.7 Å². The van der Waals surface area contributed by atoms with Crippen molar-refractivity contribution in [3.05, 3.63) is 72.4 Å². The first kappa shape index (κ1) is 21.8. The van der Waals surface area contributed by atoms with Gasteiger partial charge in [0.15, 0.2) is 3.95 Å². The summed E-state index contributed by atoms with van der Waals surface area (Å²) >= 11 is 18.7. The Morgan fingerprint density at radius 1 is 1.06 bits per heavy atom. The van der Waals surface area contributed by atoms with Gasteiger partial charge in [-0.15, -0.1) is 23.1 Å². The highest BCUT2D eigenvalue weighted by Crippen LogP contribution is 2.69. The third-order valence-electron chi connectivity index (χ3n) is 8.02. The van der Waals surface area contributed by atoms with E-state index in [0.717, 1.165) is 19.9 Å². The lowest BCUT2D eigenvalue weighted by Gasteiger charge is -2.43. The van der Waals surface area contributed by atoms with E-state index in [4.69, 9.17) is 23.8 Å². The van der Waals surface area contributed by atoms with Crippen molar-refractivity contribution >= 4 is 80.3 Å². The number of thioether (sulfide) groups is 1. The van der Waals surface area contributed by atoms with E-state index >= 15 is 0 Å². The third kappa shape index (κ3) is 2.98. The molecule has 7 atom stereocenters. The molecule has 3 fully saturated rings. The highest BCUT2D eigenvalue weighted by Gasteiger charge is 2.69. The Bertz CT molecular complexity index is 1420. The van der Waals surface area contributed by atoms with Crippen molar-refractivity contribution in [2.24, 2.45) is 29.6 Å². The van der Waals surface area contributed by atoms with Gasteiger partial charge in [-0.05, 0) is 78.4 Å². The van der Waals surface area contributed by atoms with Crippen LogP contribution in [-0.2, 0) is 9.59 Å². The number of aromatic nitrogens is 1. The molecule has 9 heteroatoms. The minimum absolute atomic E-state index is 0.0474. The second-order valence-electron chi connectivity index (χ2n) is 9.50. The van der Waals surface area contributed by atoms with Gasteiger partial charge in [0, 0.05) is 25.5 Å². The van der Waals surface area contributed by atoms with E-state index in [1.807, 2.05) is 17.8 Å². The molecule has 1 saturated heterocycles. The molecule has 2 bridgehead atoms. The standard InChI is InChI=1S/C25H18BrClN2O2S3/c26-11-3-1-2-10(8-11)16-17-14-9-15(20(17)33-22-21(16)34-25(32)28-22)19-18(14)23(30)29(24(19)31)13-6-4-12(27)5-7-13/h1-8,14-20H,9H2,(H,28,32). The van der Waals surface area contributed by atoms with Crippen molar-refractivity contribution in [2.45, 2.75) is 22.6 Å². The number of nitrogens with one attached hydrogen (secondary N) is 1. The summed E-state index contributed by atoms with van der Waals surface area (Å²) in [4.78, 5) is 33.5. The fraction of sp³-hybridized carbons (Fsp3) is 0.320. The van der Waals surface area contributed by atoms with Crippen LogP contribution in [0.25, 0.3) is 0 Å². The summed E-state index contributed by atoms with van der Waals surface area (Å²) in [6.07, 6.45) is 0.934. The van der Waals surface area contributed by atoms with Gasteiger partial charge in [-0.3, -0.25) is 14.5 Å². The Labute approximate surface area is 223 Å². The van der Waals surface area contributed by atoms with Crippen molar-refractivity contribution in [3.63, 3.8) is 0 Å². The van der Waals surface area contributed by atoms with E-state index in [9.17, 15) is 9.59 Å². The molecule has 2 aliphatic carbocycles. The van der Waals surface area contributed by atoms with Crippen LogP contribution in [-0.4, -0.2) is 22.0 Å². The molecule has 1 aromatic heterocycles. The van der Waals surface area contributed by atoms with Crippen LogP contribution in [0.4, 0.5) is 5.69 Å². The Kier molecular flexibility index (Phi) is 4.98. The minimum Gasteiger partial charge on any atom is -0.332 e. The number of imide groups is 1. The number of aromatic amines is 1. The molecule has 0 spiro atoms. The van der Waals surface area contributed by atoms with Crippen molar-refractivity contribution in [2.75, 3.05) is 4.90 Å². The summed E-state index contributed by atoms with van der Waals surface area (Å²) in [6.45, 7) is 0. The van der Waals surface area contributed by atoms with Gasteiger partial charge in [0.2, 0.25) is 11.8 Å². The summed E-state index contributed by atoms with van der Waals surface area (Å²) < 4.78 is 1.83. The molecule has 34 heavy (non-hydrogen) atoms. The van der Waals surface area contributed by atoms with Crippen molar-refractivity contribution in [3.8, 4) is 0 Å². The molecule has 4 nitrogen and oxygen atoms in total. The molecule has 1 N–H and O–H groups in total. The number of rotatable bonds is 2. The Hall–Kier alpha value is -1.45. The molecule has 172 valence electrons. The van der Waals surface area contributed by atoms with E-state index < -0.39 is 0 Å². The highest BCUT2D eigenvalue weighted by atomic mass is 79.9. The topological polar surface area (TPSA) is 53.2 Å². The van der Waals surface area contributed by atoms with Gasteiger partial charge in [-0.2, -0.15) is 0 Å². The maximum Gasteiger partial charge on any atom is 0.238 e. The Morgan fingerprint density at radius 2 is 1.79 bits per heavy atom. The predicted octanol–water partition coefficient (Wildman–Crippen LogP) is 6.90. The average molecular weight is 590 g/mol. The number of carbonyl (C=O) groups is 2. The fourth-order valence-electron chi connectivity index (χ4n) is 6.93. The molecule has 7 unspecified atom stereocenters. The van der Waals surface area contributed by atoms with E-state index in [1.54, 1.807) is 35.6 Å². The number of fused-ring (bicyclic) bond motifs is 9. The molecule has 7 rings (SSSR count). The second-order valence-corrected chi connectivity index (χ2v) is 13.8. The van der Waals surface area contributed by atoms with Crippen molar-refractivity contribution in [1.82, 2.24) is 4.98 Å². The summed E-state index contributed by atoms with van der Waals surface area (Å²) in [5.74, 6) is 0.228. The maximum atomic E-state index is 13.7. The number of halogens is 2. The zero-order chi connectivity index (χ0) is 23.3. The third-order valence-corrected chi connectivity index (χ3v) is 11.7. The number of anilines is 1. The Balaban J connectivity index is 1.33. The fourth-order valence-corrected chi connectivity index (χ4v) is 10.8. The van der Waals surface area contributed by atoms with E-state index in [-0.39, 0.29) is 46.7 Å². The van der Waals surface area contributed by atoms with Gasteiger partial charge < -0.3 is 4.98 Å². The van der Waals surface area contributed by atoms with Crippen LogP contribution in [0.3, 0.4) is 0 Å². The van der Waals surface area contributed by atoms with Crippen LogP contribution in [0.15, 0.2) is 58.0 Å². The zero-order valence-corrected chi connectivity index (χ0v) is 22.4. The number of amides is 2. The quantitative estimate of drug-likeness (QED) is 0.261. The van der Waals surface area contributed by atoms with Crippen LogP contribution in [0, 0.1) is 33.5 Å². The predicted molar refractivity (Wildman–Crippen MR) is 141 cm³/mol. The van der Waals surface area contributed by atoms with Crippen molar-refractivity contribution in [1.29, 1.82) is 0 Å². The summed E-state index contributed by atoms with van der Waals surface area (Å²) in [5.41, 5.74) is 1.86. The maximum absolute atomic E-state index is 13.7. The Morgan fingerprint density at radius 3 is 2.53 bits per heavy atom. The molecule has 3 heterocycles. The summed E-state index contributed by atoms with van der Waals surface area (Å²) in [6, 6.07) is 15.5. The molecular weight excluding hydrogens is 572 g/mol. The molecule has 0 radical (unpaired) electrons. The SMILES string of the molecule is O=C1C2C3CC(C2C(=O)N1c1ccc(Cl)cc1)C1C(c2cccc(Br)c2)c2sc(=S)[nH]c2SC31. The second kappa shape index (κ2) is 7.77. The smallest absolute Gasteiger partial charge is 0.238 e. The highest BCUT2D eigenvalue weighted by molar-refractivity contribution is 9.10. The lowest BCUT2D eigenvalue weighted by molar-refractivity contribution is -0.123. The molecule has 2 aliphatic heterocycles. The first-order valence-corrected chi connectivity index (χ1v) is 14.5. The minimum atomic E-state index is -0.252. The molecular formula is C25H18BrClN2O2S3. The molecule has 3 aromatic rings. The van der Waals surface area contributed by atoms with Gasteiger partial charge in [0.05, 0.1) is 22.5 Å². The molecule has 2 saturated carbocycles. The number of thiazole rings is 1. The normalized spacial score (nSPS) is 33.2. The van der Waals surface area contributed by atoms with Gasteiger partial charge >= 0.3 is 0 Å². The molecule has 4 aliphatic rings. The summed E-state index contributed by atoms with van der Waals surface area (Å²) in [7, 11) is 0. The van der Waals surface area contributed by atoms with E-state index in [1.165, 1.54) is 15.3 Å². The van der Waals surface area contributed by atoms with Crippen LogP contribution in [0.2, 0.25) is 5.02 Å². The lowest BCUT2D eigenvalue weighted by atomic mass is 9.68. The zero-order valence-electron chi connectivity index (χ0n) is 17.6. The largest absolute Gasteiger partial charge is 0.332 e. The number of H-pyrrole nitrogens is 1. The number of carbonyl (C=O) groups excluding carboxylic acids is 2. The molecule has 2 amide bonds. The van der Waals surface area contributed by atoms with Crippen molar-refractivity contribution < 1.29 is 9.59 Å². The van der Waals surface area contributed by atoms with Gasteiger partial charge in [0.25, 0.3) is 0 Å². The summed E-state index contributed by atoms with van der Waals surface area (Å²) in [5, 5.41) is 2.01. The number of hydrogen-bond acceptors (Lipinski definition) is 5. The van der Waals surface area contributed by atoms with Gasteiger partial charge in [0.1, 0.15) is 0 Å². The lowest BCUT2D eigenvalue weighted by Crippen LogP contribution is -2.42. The van der Waals surface area contributed by atoms with Gasteiger partial charge in [-0.25, -0.2) is 0 Å². The van der Waals surface area contributed by atoms with Crippen LogP contribution in [0.1, 0.15) is 22.8 Å². The number of hydrogen-bond donors (Lipinski definition) is 1. The first-order chi connectivity index (χ1) is 16.4. The van der Waals surface area contributed by atoms with E-state index in [0.29, 0.717) is 16.6 Å². The monoisotopic (exact) mass is 588 g/mol.